The van der Waals surface area contributed by atoms with Crippen LogP contribution < -0.4 is 10.3 Å². The van der Waals surface area contributed by atoms with E-state index in [2.05, 4.69) is 10.2 Å². The Bertz CT molecular complexity index is 830. The summed E-state index contributed by atoms with van der Waals surface area (Å²) in [4.78, 5) is 50.7. The molecule has 0 aliphatic carbocycles. The third kappa shape index (κ3) is 2.54. The number of aryl methyl sites for hydroxylation is 1. The summed E-state index contributed by atoms with van der Waals surface area (Å²) in [5.41, 5.74) is 2.46. The van der Waals surface area contributed by atoms with E-state index >= 15 is 0 Å². The van der Waals surface area contributed by atoms with Crippen LogP contribution in [0.1, 0.15) is 25.8 Å². The molecule has 1 fully saturated rings. The monoisotopic (exact) mass is 357 g/mol. The highest BCUT2D eigenvalue weighted by atomic mass is 16.5. The number of ether oxygens (including phenoxy) is 1. The summed E-state index contributed by atoms with van der Waals surface area (Å²) in [7, 11) is 1.19. The van der Waals surface area contributed by atoms with Crippen molar-refractivity contribution in [2.24, 2.45) is 0 Å². The van der Waals surface area contributed by atoms with Crippen molar-refractivity contribution in [3.63, 3.8) is 0 Å². The van der Waals surface area contributed by atoms with Crippen molar-refractivity contribution in [3.05, 3.63) is 41.6 Å². The number of benzene rings is 1. The third-order valence-corrected chi connectivity index (χ3v) is 4.58. The van der Waals surface area contributed by atoms with E-state index in [0.717, 1.165) is 21.9 Å². The number of amides is 3. The van der Waals surface area contributed by atoms with Gasteiger partial charge in [0, 0.05) is 6.92 Å². The molecule has 8 nitrogen and oxygen atoms in total. The Kier molecular flexibility index (Phi) is 4.27. The lowest BCUT2D eigenvalue weighted by Gasteiger charge is -2.30. The molecule has 26 heavy (non-hydrogen) atoms. The first-order valence-electron chi connectivity index (χ1n) is 8.19. The van der Waals surface area contributed by atoms with Crippen molar-refractivity contribution in [2.75, 3.05) is 12.0 Å². The number of nitrogens with zero attached hydrogens (tertiary/aromatic N) is 2. The van der Waals surface area contributed by atoms with Crippen LogP contribution in [-0.4, -0.2) is 41.3 Å². The van der Waals surface area contributed by atoms with Crippen LogP contribution >= 0.6 is 0 Å². The molecule has 1 spiro atoms. The second-order valence-corrected chi connectivity index (χ2v) is 6.17. The quantitative estimate of drug-likeness (QED) is 0.631. The zero-order valence-corrected chi connectivity index (χ0v) is 14.7. The van der Waals surface area contributed by atoms with Gasteiger partial charge in [-0.3, -0.25) is 19.8 Å². The molecule has 3 amide bonds. The number of hydrogen-bond acceptors (Lipinski definition) is 6. The Morgan fingerprint density at radius 2 is 1.88 bits per heavy atom. The summed E-state index contributed by atoms with van der Waals surface area (Å²) < 4.78 is 4.65. The minimum atomic E-state index is -1.57. The fourth-order valence-corrected chi connectivity index (χ4v) is 3.25. The van der Waals surface area contributed by atoms with Crippen molar-refractivity contribution in [3.8, 4) is 0 Å². The fourth-order valence-electron chi connectivity index (χ4n) is 3.25. The number of rotatable bonds is 3. The number of esters is 1. The highest BCUT2D eigenvalue weighted by Crippen LogP contribution is 2.38. The lowest BCUT2D eigenvalue weighted by atomic mass is 9.96. The van der Waals surface area contributed by atoms with Crippen LogP contribution in [0, 0.1) is 0 Å². The maximum Gasteiger partial charge on any atom is 0.355 e. The third-order valence-electron chi connectivity index (χ3n) is 4.58. The Morgan fingerprint density at radius 1 is 1.23 bits per heavy atom. The molecule has 2 aliphatic rings. The first-order chi connectivity index (χ1) is 12.3. The summed E-state index contributed by atoms with van der Waals surface area (Å²) in [5, 5.41) is 1.01. The molecule has 0 radical (unpaired) electrons. The van der Waals surface area contributed by atoms with Gasteiger partial charge in [-0.2, -0.15) is 0 Å². The van der Waals surface area contributed by atoms with E-state index in [1.165, 1.54) is 20.1 Å². The molecule has 0 bridgehead atoms. The van der Waals surface area contributed by atoms with Crippen LogP contribution in [-0.2, 0) is 30.3 Å². The molecule has 1 aromatic rings. The van der Waals surface area contributed by atoms with Gasteiger partial charge < -0.3 is 4.74 Å². The summed E-state index contributed by atoms with van der Waals surface area (Å²) >= 11 is 0. The van der Waals surface area contributed by atoms with E-state index in [0.29, 0.717) is 5.69 Å². The van der Waals surface area contributed by atoms with Gasteiger partial charge in [0.15, 0.2) is 5.54 Å². The van der Waals surface area contributed by atoms with Crippen molar-refractivity contribution >= 4 is 29.4 Å². The number of anilines is 1. The Hall–Kier alpha value is -3.16. The fraction of sp³-hybridized carbons (Fsp3) is 0.333. The number of carbonyl (C=O) groups excluding carboxylic acids is 4. The number of hydrazine groups is 1. The van der Waals surface area contributed by atoms with E-state index in [-0.39, 0.29) is 12.1 Å². The second-order valence-electron chi connectivity index (χ2n) is 6.17. The standard InChI is InChI=1S/C18H19N3O5/c1-4-12-5-7-13(8-6-12)20-15(23)10-18(17(20)25)9-14(16(24)26-3)19-21(18)11(2)22/h5-9,19H,4,10H2,1-3H3/t18-/m0/s1. The first kappa shape index (κ1) is 17.7. The maximum atomic E-state index is 13.1. The molecule has 136 valence electrons. The van der Waals surface area contributed by atoms with Gasteiger partial charge in [-0.15, -0.1) is 0 Å². The van der Waals surface area contributed by atoms with Crippen LogP contribution in [0.3, 0.4) is 0 Å². The van der Waals surface area contributed by atoms with Crippen LogP contribution in [0.5, 0.6) is 0 Å². The normalized spacial score (nSPS) is 21.9. The average molecular weight is 357 g/mol. The lowest BCUT2D eigenvalue weighted by molar-refractivity contribution is -0.143. The highest BCUT2D eigenvalue weighted by Gasteiger charge is 2.59. The zero-order chi connectivity index (χ0) is 19.1. The number of imide groups is 1. The molecule has 0 aromatic heterocycles. The molecule has 2 heterocycles. The topological polar surface area (TPSA) is 96.0 Å². The van der Waals surface area contributed by atoms with Crippen molar-refractivity contribution in [2.45, 2.75) is 32.2 Å². The van der Waals surface area contributed by atoms with Crippen LogP contribution in [0.2, 0.25) is 0 Å². The van der Waals surface area contributed by atoms with Gasteiger partial charge in [0.1, 0.15) is 5.70 Å². The number of carbonyl (C=O) groups is 4. The van der Waals surface area contributed by atoms with E-state index in [9.17, 15) is 19.2 Å². The Balaban J connectivity index is 2.03. The number of methoxy groups -OCH3 is 1. The van der Waals surface area contributed by atoms with Gasteiger partial charge in [0.25, 0.3) is 5.91 Å². The minimum Gasteiger partial charge on any atom is -0.464 e. The molecular formula is C18H19N3O5. The van der Waals surface area contributed by atoms with E-state index in [4.69, 9.17) is 0 Å². The Labute approximate surface area is 150 Å². The first-order valence-corrected chi connectivity index (χ1v) is 8.19. The van der Waals surface area contributed by atoms with Gasteiger partial charge in [0.05, 0.1) is 19.2 Å². The smallest absolute Gasteiger partial charge is 0.355 e. The molecular weight excluding hydrogens is 338 g/mol. The van der Waals surface area contributed by atoms with E-state index < -0.39 is 29.2 Å². The van der Waals surface area contributed by atoms with Crippen LogP contribution in [0.4, 0.5) is 5.69 Å². The minimum absolute atomic E-state index is 0.0490. The predicted octanol–water partition coefficient (Wildman–Crippen LogP) is 0.675. The van der Waals surface area contributed by atoms with Gasteiger partial charge in [0.2, 0.25) is 11.8 Å². The number of hydrogen-bond donors (Lipinski definition) is 1. The molecule has 3 rings (SSSR count). The van der Waals surface area contributed by atoms with Crippen LogP contribution in [0.15, 0.2) is 36.0 Å². The molecule has 1 aromatic carbocycles. The van der Waals surface area contributed by atoms with Crippen molar-refractivity contribution in [1.29, 1.82) is 0 Å². The molecule has 2 aliphatic heterocycles. The largest absolute Gasteiger partial charge is 0.464 e. The average Bonchev–Trinajstić information content (AvgIpc) is 3.13. The molecule has 8 heteroatoms. The molecule has 0 saturated carbocycles. The molecule has 1 N–H and O–H groups in total. The summed E-state index contributed by atoms with van der Waals surface area (Å²) in [6.45, 7) is 3.25. The highest BCUT2D eigenvalue weighted by molar-refractivity contribution is 6.26. The zero-order valence-electron chi connectivity index (χ0n) is 14.7. The number of nitrogens with one attached hydrogen (secondary N) is 1. The Morgan fingerprint density at radius 3 is 2.42 bits per heavy atom. The van der Waals surface area contributed by atoms with Gasteiger partial charge in [-0.1, -0.05) is 19.1 Å². The van der Waals surface area contributed by atoms with E-state index in [1.54, 1.807) is 12.1 Å². The summed E-state index contributed by atoms with van der Waals surface area (Å²) in [6, 6.07) is 7.07. The van der Waals surface area contributed by atoms with Gasteiger partial charge >= 0.3 is 5.97 Å². The second kappa shape index (κ2) is 6.29. The van der Waals surface area contributed by atoms with E-state index in [1.807, 2.05) is 19.1 Å². The summed E-state index contributed by atoms with van der Waals surface area (Å²) in [5.74, 6) is -2.26. The SMILES string of the molecule is CCc1ccc(N2C(=O)C[C@@]3(C=C(C(=O)OC)NN3C(C)=O)C2=O)cc1. The van der Waals surface area contributed by atoms with Gasteiger partial charge in [-0.05, 0) is 30.2 Å². The molecule has 0 unspecified atom stereocenters. The lowest BCUT2D eigenvalue weighted by Crippen LogP contribution is -2.56. The van der Waals surface area contributed by atoms with Gasteiger partial charge in [-0.25, -0.2) is 14.7 Å². The maximum absolute atomic E-state index is 13.1. The van der Waals surface area contributed by atoms with Crippen LogP contribution in [0.25, 0.3) is 0 Å². The molecule has 1 atom stereocenters. The molecule has 1 saturated heterocycles. The van der Waals surface area contributed by atoms with Crippen molar-refractivity contribution in [1.82, 2.24) is 10.4 Å². The predicted molar refractivity (Wildman–Crippen MR) is 91.4 cm³/mol. The summed E-state index contributed by atoms with van der Waals surface area (Å²) in [6.07, 6.45) is 1.87. The van der Waals surface area contributed by atoms with Crippen molar-refractivity contribution < 1.29 is 23.9 Å².